The van der Waals surface area contributed by atoms with Gasteiger partial charge < -0.3 is 10.6 Å². The Kier molecular flexibility index (Phi) is 3.41. The number of hydrogen-bond acceptors (Lipinski definition) is 4. The molecule has 0 bridgehead atoms. The summed E-state index contributed by atoms with van der Waals surface area (Å²) in [6.45, 7) is 7.35. The lowest BCUT2D eigenvalue weighted by Crippen LogP contribution is -2.32. The minimum absolute atomic E-state index is 0.0205. The van der Waals surface area contributed by atoms with Gasteiger partial charge in [0.1, 0.15) is 0 Å². The number of amides is 1. The van der Waals surface area contributed by atoms with Gasteiger partial charge in [-0.3, -0.25) is 4.79 Å². The van der Waals surface area contributed by atoms with Crippen LogP contribution in [0.5, 0.6) is 0 Å². The first-order chi connectivity index (χ1) is 9.97. The molecule has 0 aromatic carbocycles. The molecule has 0 spiro atoms. The highest BCUT2D eigenvalue weighted by Gasteiger charge is 2.26. The van der Waals surface area contributed by atoms with Crippen LogP contribution in [0.15, 0.2) is 12.3 Å². The Morgan fingerprint density at radius 2 is 2.24 bits per heavy atom. The maximum Gasteiger partial charge on any atom is 0.255 e. The molecule has 3 heterocycles. The van der Waals surface area contributed by atoms with Crippen molar-refractivity contribution in [3.05, 3.63) is 23.5 Å². The van der Waals surface area contributed by atoms with E-state index in [-0.39, 0.29) is 18.0 Å². The molecular weight excluding hydrogens is 266 g/mol. The molecular formula is C15H21N5O. The maximum absolute atomic E-state index is 12.6. The molecule has 21 heavy (non-hydrogen) atoms. The van der Waals surface area contributed by atoms with Crippen molar-refractivity contribution in [1.29, 1.82) is 0 Å². The van der Waals surface area contributed by atoms with Crippen LogP contribution >= 0.6 is 0 Å². The van der Waals surface area contributed by atoms with E-state index in [1.165, 1.54) is 0 Å². The molecule has 2 aromatic heterocycles. The van der Waals surface area contributed by atoms with E-state index in [9.17, 15) is 4.79 Å². The topological polar surface area (TPSA) is 77.0 Å². The highest BCUT2D eigenvalue weighted by Crippen LogP contribution is 2.21. The van der Waals surface area contributed by atoms with E-state index in [2.05, 4.69) is 23.9 Å². The normalized spacial score (nSPS) is 18.9. The zero-order valence-electron chi connectivity index (χ0n) is 12.7. The van der Waals surface area contributed by atoms with Crippen molar-refractivity contribution in [2.24, 2.45) is 5.73 Å². The molecule has 6 heteroatoms. The van der Waals surface area contributed by atoms with Gasteiger partial charge in [0.25, 0.3) is 5.91 Å². The summed E-state index contributed by atoms with van der Waals surface area (Å²) in [5.41, 5.74) is 8.11. The van der Waals surface area contributed by atoms with Crippen molar-refractivity contribution in [2.45, 2.75) is 39.3 Å². The molecule has 1 saturated heterocycles. The third-order valence-electron chi connectivity index (χ3n) is 3.99. The fourth-order valence-electron chi connectivity index (χ4n) is 2.80. The Morgan fingerprint density at radius 3 is 2.86 bits per heavy atom. The molecule has 1 fully saturated rings. The molecule has 0 aliphatic carbocycles. The summed E-state index contributed by atoms with van der Waals surface area (Å²) in [5, 5.41) is 5.26. The highest BCUT2D eigenvalue weighted by atomic mass is 16.2. The predicted octanol–water partition coefficient (Wildman–Crippen LogP) is 1.49. The maximum atomic E-state index is 12.6. The summed E-state index contributed by atoms with van der Waals surface area (Å²) in [7, 11) is 0. The predicted molar refractivity (Wildman–Crippen MR) is 81.1 cm³/mol. The Bertz CT molecular complexity index is 691. The first kappa shape index (κ1) is 14.0. The van der Waals surface area contributed by atoms with E-state index in [1.807, 2.05) is 22.6 Å². The first-order valence-electron chi connectivity index (χ1n) is 7.37. The molecule has 1 aliphatic heterocycles. The lowest BCUT2D eigenvalue weighted by Gasteiger charge is -2.17. The number of carbonyl (C=O) groups is 1. The van der Waals surface area contributed by atoms with Crippen molar-refractivity contribution in [2.75, 3.05) is 13.1 Å². The largest absolute Gasteiger partial charge is 0.337 e. The van der Waals surface area contributed by atoms with Gasteiger partial charge >= 0.3 is 0 Å². The number of pyridine rings is 1. The molecule has 112 valence electrons. The van der Waals surface area contributed by atoms with E-state index < -0.39 is 0 Å². The summed E-state index contributed by atoms with van der Waals surface area (Å²) in [5.74, 6) is 0.0205. The number of carbonyl (C=O) groups excluding carboxylic acids is 1. The van der Waals surface area contributed by atoms with Crippen LogP contribution in [0.4, 0.5) is 0 Å². The lowest BCUT2D eigenvalue weighted by atomic mass is 10.1. The summed E-state index contributed by atoms with van der Waals surface area (Å²) >= 11 is 0. The minimum atomic E-state index is 0.0205. The van der Waals surface area contributed by atoms with Crippen LogP contribution in [0.3, 0.4) is 0 Å². The van der Waals surface area contributed by atoms with Crippen LogP contribution < -0.4 is 5.73 Å². The molecule has 6 nitrogen and oxygen atoms in total. The molecule has 1 atom stereocenters. The summed E-state index contributed by atoms with van der Waals surface area (Å²) in [6, 6.07) is 2.23. The van der Waals surface area contributed by atoms with Crippen LogP contribution in [-0.2, 0) is 0 Å². The SMILES string of the molecule is Cc1nc2c(cnn2C(C)C)cc1C(=O)N1CCC(N)C1. The summed E-state index contributed by atoms with van der Waals surface area (Å²) in [4.78, 5) is 19.0. The molecule has 2 aromatic rings. The number of fused-ring (bicyclic) bond motifs is 1. The van der Waals surface area contributed by atoms with Crippen LogP contribution in [0.1, 0.15) is 42.4 Å². The summed E-state index contributed by atoms with van der Waals surface area (Å²) < 4.78 is 1.88. The molecule has 1 unspecified atom stereocenters. The lowest BCUT2D eigenvalue weighted by molar-refractivity contribution is 0.0790. The van der Waals surface area contributed by atoms with E-state index in [1.54, 1.807) is 6.20 Å². The average molecular weight is 287 g/mol. The Labute approximate surface area is 123 Å². The fourth-order valence-corrected chi connectivity index (χ4v) is 2.80. The number of aryl methyl sites for hydroxylation is 1. The zero-order valence-corrected chi connectivity index (χ0v) is 12.7. The minimum Gasteiger partial charge on any atom is -0.337 e. The number of hydrogen-bond donors (Lipinski definition) is 1. The van der Waals surface area contributed by atoms with E-state index in [0.717, 1.165) is 29.7 Å². The van der Waals surface area contributed by atoms with Crippen molar-refractivity contribution < 1.29 is 4.79 Å². The number of likely N-dealkylation sites (tertiary alicyclic amines) is 1. The second-order valence-corrected chi connectivity index (χ2v) is 6.02. The quantitative estimate of drug-likeness (QED) is 0.908. The number of nitrogens with two attached hydrogens (primary N) is 1. The molecule has 1 aliphatic rings. The fraction of sp³-hybridized carbons (Fsp3) is 0.533. The smallest absolute Gasteiger partial charge is 0.255 e. The number of nitrogens with zero attached hydrogens (tertiary/aromatic N) is 4. The van der Waals surface area contributed by atoms with Gasteiger partial charge in [-0.05, 0) is 33.3 Å². The van der Waals surface area contributed by atoms with Gasteiger partial charge in [-0.15, -0.1) is 0 Å². The van der Waals surface area contributed by atoms with E-state index in [0.29, 0.717) is 12.1 Å². The molecule has 0 saturated carbocycles. The first-order valence-corrected chi connectivity index (χ1v) is 7.37. The van der Waals surface area contributed by atoms with Crippen LogP contribution in [-0.4, -0.2) is 44.7 Å². The van der Waals surface area contributed by atoms with Gasteiger partial charge in [0.05, 0.1) is 17.5 Å². The third kappa shape index (κ3) is 2.40. The van der Waals surface area contributed by atoms with Crippen molar-refractivity contribution in [3.8, 4) is 0 Å². The van der Waals surface area contributed by atoms with Crippen LogP contribution in [0, 0.1) is 6.92 Å². The van der Waals surface area contributed by atoms with Crippen molar-refractivity contribution >= 4 is 16.9 Å². The van der Waals surface area contributed by atoms with Crippen molar-refractivity contribution in [1.82, 2.24) is 19.7 Å². The Morgan fingerprint density at radius 1 is 1.48 bits per heavy atom. The van der Waals surface area contributed by atoms with Crippen molar-refractivity contribution in [3.63, 3.8) is 0 Å². The Hall–Kier alpha value is -1.95. The van der Waals surface area contributed by atoms with Gasteiger partial charge in [-0.2, -0.15) is 5.10 Å². The molecule has 3 rings (SSSR count). The Balaban J connectivity index is 2.00. The zero-order chi connectivity index (χ0) is 15.1. The number of aromatic nitrogens is 3. The number of rotatable bonds is 2. The van der Waals surface area contributed by atoms with Crippen LogP contribution in [0.25, 0.3) is 11.0 Å². The van der Waals surface area contributed by atoms with Gasteiger partial charge in [0.2, 0.25) is 0 Å². The molecule has 0 radical (unpaired) electrons. The van der Waals surface area contributed by atoms with Gasteiger partial charge in [-0.25, -0.2) is 9.67 Å². The van der Waals surface area contributed by atoms with E-state index in [4.69, 9.17) is 5.73 Å². The summed E-state index contributed by atoms with van der Waals surface area (Å²) in [6.07, 6.45) is 2.64. The average Bonchev–Trinajstić information content (AvgIpc) is 3.03. The molecule has 2 N–H and O–H groups in total. The van der Waals surface area contributed by atoms with Crippen LogP contribution in [0.2, 0.25) is 0 Å². The second kappa shape index (κ2) is 5.11. The van der Waals surface area contributed by atoms with Gasteiger partial charge in [0.15, 0.2) is 5.65 Å². The second-order valence-electron chi connectivity index (χ2n) is 6.02. The standard InChI is InChI=1S/C15H21N5O/c1-9(2)20-14-11(7-17-20)6-13(10(3)18-14)15(21)19-5-4-12(16)8-19/h6-7,9,12H,4-5,8,16H2,1-3H3. The monoisotopic (exact) mass is 287 g/mol. The molecule has 1 amide bonds. The van der Waals surface area contributed by atoms with Gasteiger partial charge in [0, 0.05) is 30.6 Å². The highest BCUT2D eigenvalue weighted by molar-refractivity contribution is 5.98. The van der Waals surface area contributed by atoms with E-state index >= 15 is 0 Å². The third-order valence-corrected chi connectivity index (χ3v) is 3.99. The van der Waals surface area contributed by atoms with Gasteiger partial charge in [-0.1, -0.05) is 0 Å².